The molecule has 0 bridgehead atoms. The summed E-state index contributed by atoms with van der Waals surface area (Å²) in [5.74, 6) is 1.14. The molecule has 0 aliphatic carbocycles. The van der Waals surface area contributed by atoms with E-state index in [2.05, 4.69) is 41.2 Å². The van der Waals surface area contributed by atoms with E-state index in [0.717, 1.165) is 54.0 Å². The fraction of sp³-hybridized carbons (Fsp3) is 0.435. The van der Waals surface area contributed by atoms with E-state index in [4.69, 9.17) is 0 Å². The molecule has 0 saturated carbocycles. The monoisotopic (exact) mass is 457 g/mol. The summed E-state index contributed by atoms with van der Waals surface area (Å²) in [6, 6.07) is 14.2. The molecule has 6 nitrogen and oxygen atoms in total. The second-order valence-electron chi connectivity index (χ2n) is 7.38. The van der Waals surface area contributed by atoms with Gasteiger partial charge in [0.25, 0.3) is 0 Å². The number of thiophene rings is 1. The van der Waals surface area contributed by atoms with Crippen molar-refractivity contribution in [2.24, 2.45) is 0 Å². The molecule has 1 unspecified atom stereocenters. The molecule has 0 spiro atoms. The van der Waals surface area contributed by atoms with Gasteiger partial charge in [-0.15, -0.1) is 21.5 Å². The summed E-state index contributed by atoms with van der Waals surface area (Å²) in [4.78, 5) is 16.0. The Morgan fingerprint density at radius 2 is 1.94 bits per heavy atom. The van der Waals surface area contributed by atoms with Crippen LogP contribution in [-0.2, 0) is 4.79 Å². The van der Waals surface area contributed by atoms with Crippen molar-refractivity contribution in [2.45, 2.75) is 44.8 Å². The van der Waals surface area contributed by atoms with Crippen molar-refractivity contribution in [1.82, 2.24) is 25.0 Å². The zero-order valence-electron chi connectivity index (χ0n) is 18.5. The topological polar surface area (TPSA) is 63.1 Å². The Kier molecular flexibility index (Phi) is 9.12. The van der Waals surface area contributed by atoms with Gasteiger partial charge >= 0.3 is 0 Å². The fourth-order valence-corrected chi connectivity index (χ4v) is 4.88. The van der Waals surface area contributed by atoms with Crippen LogP contribution in [0.5, 0.6) is 0 Å². The first kappa shape index (κ1) is 23.5. The molecule has 31 heavy (non-hydrogen) atoms. The van der Waals surface area contributed by atoms with Crippen molar-refractivity contribution in [2.75, 3.05) is 25.4 Å². The summed E-state index contributed by atoms with van der Waals surface area (Å²) in [6.07, 6.45) is 2.07. The van der Waals surface area contributed by atoms with Gasteiger partial charge in [-0.05, 0) is 63.0 Å². The lowest BCUT2D eigenvalue weighted by Crippen LogP contribution is -2.34. The summed E-state index contributed by atoms with van der Waals surface area (Å²) in [6.45, 7) is 9.67. The number of hydrogen-bond acceptors (Lipinski definition) is 6. The van der Waals surface area contributed by atoms with E-state index < -0.39 is 0 Å². The minimum Gasteiger partial charge on any atom is -0.353 e. The largest absolute Gasteiger partial charge is 0.353 e. The molecule has 0 saturated heterocycles. The van der Waals surface area contributed by atoms with Crippen molar-refractivity contribution in [3.05, 3.63) is 47.8 Å². The van der Waals surface area contributed by atoms with Crippen molar-refractivity contribution in [3.63, 3.8) is 0 Å². The molecule has 2 heterocycles. The minimum atomic E-state index is 0.0284. The molecule has 0 aliphatic rings. The molecule has 3 rings (SSSR count). The van der Waals surface area contributed by atoms with Gasteiger partial charge in [0.05, 0.1) is 10.6 Å². The van der Waals surface area contributed by atoms with Gasteiger partial charge in [0, 0.05) is 11.7 Å². The summed E-state index contributed by atoms with van der Waals surface area (Å²) >= 11 is 3.05. The Morgan fingerprint density at radius 1 is 1.16 bits per heavy atom. The third-order valence-electron chi connectivity index (χ3n) is 5.13. The second-order valence-corrected chi connectivity index (χ2v) is 9.27. The number of thioether (sulfide) groups is 1. The third-order valence-corrected chi connectivity index (χ3v) is 6.93. The predicted octanol–water partition coefficient (Wildman–Crippen LogP) is 4.71. The number of hydrogen-bond donors (Lipinski definition) is 1. The second kappa shape index (κ2) is 12.0. The Hall–Kier alpha value is -2.16. The number of aromatic nitrogens is 3. The number of amides is 1. The molecule has 8 heteroatoms. The van der Waals surface area contributed by atoms with Crippen molar-refractivity contribution in [1.29, 1.82) is 0 Å². The van der Waals surface area contributed by atoms with Crippen molar-refractivity contribution in [3.8, 4) is 16.4 Å². The number of carbonyl (C=O) groups is 1. The maximum Gasteiger partial charge on any atom is 0.230 e. The molecular weight excluding hydrogens is 426 g/mol. The maximum absolute atomic E-state index is 12.5. The molecule has 3 aromatic rings. The summed E-state index contributed by atoms with van der Waals surface area (Å²) in [7, 11) is 0. The van der Waals surface area contributed by atoms with E-state index in [1.54, 1.807) is 11.3 Å². The van der Waals surface area contributed by atoms with Gasteiger partial charge in [0.2, 0.25) is 5.91 Å². The first-order chi connectivity index (χ1) is 15.1. The SMILES string of the molecule is CCN(CC)CCCC(C)NC(=O)CSc1nnc(-c2cccs2)n1-c1ccccc1. The van der Waals surface area contributed by atoms with E-state index in [0.29, 0.717) is 5.75 Å². The van der Waals surface area contributed by atoms with Gasteiger partial charge in [-0.3, -0.25) is 9.36 Å². The highest BCUT2D eigenvalue weighted by Crippen LogP contribution is 2.30. The third kappa shape index (κ3) is 6.66. The molecule has 1 aromatic carbocycles. The van der Waals surface area contributed by atoms with Gasteiger partial charge in [-0.25, -0.2) is 0 Å². The van der Waals surface area contributed by atoms with E-state index in [-0.39, 0.29) is 11.9 Å². The van der Waals surface area contributed by atoms with Crippen LogP contribution in [0.15, 0.2) is 53.0 Å². The highest BCUT2D eigenvalue weighted by molar-refractivity contribution is 7.99. The molecular formula is C23H31N5OS2. The average Bonchev–Trinajstić information content (AvgIpc) is 3.45. The Balaban J connectivity index is 1.59. The highest BCUT2D eigenvalue weighted by Gasteiger charge is 2.18. The first-order valence-electron chi connectivity index (χ1n) is 10.8. The number of nitrogens with zero attached hydrogens (tertiary/aromatic N) is 4. The van der Waals surface area contributed by atoms with E-state index >= 15 is 0 Å². The number of nitrogens with one attached hydrogen (secondary N) is 1. The average molecular weight is 458 g/mol. The lowest BCUT2D eigenvalue weighted by Gasteiger charge is -2.19. The van der Waals surface area contributed by atoms with Crippen LogP contribution in [0.1, 0.15) is 33.6 Å². The van der Waals surface area contributed by atoms with Gasteiger partial charge < -0.3 is 10.2 Å². The Bertz CT molecular complexity index is 923. The molecule has 166 valence electrons. The smallest absolute Gasteiger partial charge is 0.230 e. The molecule has 0 radical (unpaired) electrons. The molecule has 2 aromatic heterocycles. The van der Waals surface area contributed by atoms with Crippen molar-refractivity contribution >= 4 is 29.0 Å². The first-order valence-corrected chi connectivity index (χ1v) is 12.7. The summed E-state index contributed by atoms with van der Waals surface area (Å²) in [5.41, 5.74) is 0.989. The lowest BCUT2D eigenvalue weighted by molar-refractivity contribution is -0.119. The zero-order valence-corrected chi connectivity index (χ0v) is 20.1. The Labute approximate surface area is 193 Å². The van der Waals surface area contributed by atoms with Gasteiger partial charge in [0.15, 0.2) is 11.0 Å². The van der Waals surface area contributed by atoms with Crippen LogP contribution in [0.3, 0.4) is 0 Å². The van der Waals surface area contributed by atoms with Crippen LogP contribution in [-0.4, -0.2) is 57.0 Å². The van der Waals surface area contributed by atoms with E-state index in [1.807, 2.05) is 52.4 Å². The minimum absolute atomic E-state index is 0.0284. The van der Waals surface area contributed by atoms with Crippen LogP contribution < -0.4 is 5.32 Å². The van der Waals surface area contributed by atoms with Gasteiger partial charge in [-0.1, -0.05) is 49.9 Å². The van der Waals surface area contributed by atoms with Crippen LogP contribution in [0, 0.1) is 0 Å². The molecule has 0 aliphatic heterocycles. The summed E-state index contributed by atoms with van der Waals surface area (Å²) in [5, 5.41) is 14.7. The molecule has 0 fully saturated rings. The normalized spacial score (nSPS) is 12.3. The van der Waals surface area contributed by atoms with E-state index in [9.17, 15) is 4.79 Å². The highest BCUT2D eigenvalue weighted by atomic mass is 32.2. The zero-order chi connectivity index (χ0) is 22.1. The van der Waals surface area contributed by atoms with Crippen molar-refractivity contribution < 1.29 is 4.79 Å². The van der Waals surface area contributed by atoms with Crippen LogP contribution in [0.4, 0.5) is 0 Å². The predicted molar refractivity (Wildman–Crippen MR) is 130 cm³/mol. The molecule has 1 N–H and O–H groups in total. The molecule has 1 amide bonds. The van der Waals surface area contributed by atoms with Gasteiger partial charge in [0.1, 0.15) is 0 Å². The maximum atomic E-state index is 12.5. The lowest BCUT2D eigenvalue weighted by atomic mass is 10.2. The van der Waals surface area contributed by atoms with Crippen LogP contribution in [0.25, 0.3) is 16.4 Å². The molecule has 1 atom stereocenters. The number of benzene rings is 1. The van der Waals surface area contributed by atoms with Crippen LogP contribution in [0.2, 0.25) is 0 Å². The standard InChI is InChI=1S/C23H31N5OS2/c1-4-27(5-2)15-9-11-18(3)24-21(29)17-31-23-26-25-22(20-14-10-16-30-20)28(23)19-12-7-6-8-13-19/h6-8,10,12-14,16,18H,4-5,9,11,15,17H2,1-3H3,(H,24,29). The van der Waals surface area contributed by atoms with Crippen LogP contribution >= 0.6 is 23.1 Å². The number of para-hydroxylation sites is 1. The van der Waals surface area contributed by atoms with Gasteiger partial charge in [-0.2, -0.15) is 0 Å². The quantitative estimate of drug-likeness (QED) is 0.399. The number of rotatable bonds is 12. The number of carbonyl (C=O) groups excluding carboxylic acids is 1. The summed E-state index contributed by atoms with van der Waals surface area (Å²) < 4.78 is 2.03. The Morgan fingerprint density at radius 3 is 2.61 bits per heavy atom. The fourth-order valence-electron chi connectivity index (χ4n) is 3.42. The van der Waals surface area contributed by atoms with E-state index in [1.165, 1.54) is 11.8 Å².